The molecule has 0 aliphatic heterocycles. The third kappa shape index (κ3) is 3.97. The number of fused-ring (bicyclic) bond motifs is 3. The molecule has 44 heavy (non-hydrogen) atoms. The largest absolute Gasteiger partial charge is 0.104 e. The Hall–Kier alpha value is -4.70. The van der Waals surface area contributed by atoms with Crippen molar-refractivity contribution in [2.75, 3.05) is 0 Å². The molecule has 0 bridgehead atoms. The van der Waals surface area contributed by atoms with Crippen molar-refractivity contribution in [3.05, 3.63) is 152 Å². The van der Waals surface area contributed by atoms with E-state index in [4.69, 9.17) is 0 Å². The van der Waals surface area contributed by atoms with E-state index in [1.807, 2.05) is 36.5 Å². The van der Waals surface area contributed by atoms with E-state index in [0.29, 0.717) is 0 Å². The first-order valence-electron chi connectivity index (χ1n) is 15.6. The fourth-order valence-electron chi connectivity index (χ4n) is 7.41. The van der Waals surface area contributed by atoms with Gasteiger partial charge in [-0.3, -0.25) is 0 Å². The number of rotatable bonds is 0. The summed E-state index contributed by atoms with van der Waals surface area (Å²) in [4.78, 5) is 0. The highest BCUT2D eigenvalue weighted by molar-refractivity contribution is 6.00. The molecule has 6 aliphatic rings. The Morgan fingerprint density at radius 2 is 0.977 bits per heavy atom. The first-order chi connectivity index (χ1) is 20.8. The van der Waals surface area contributed by atoms with Crippen molar-refractivity contribution in [2.45, 2.75) is 55.4 Å². The zero-order valence-corrected chi connectivity index (χ0v) is 27.1. The summed E-state index contributed by atoms with van der Waals surface area (Å²) in [6, 6.07) is 9.01. The minimum absolute atomic E-state index is 0.0444. The summed E-state index contributed by atoms with van der Waals surface area (Å²) in [5, 5.41) is 0. The van der Waals surface area contributed by atoms with E-state index in [1.54, 1.807) is 0 Å². The van der Waals surface area contributed by atoms with Crippen LogP contribution in [0.5, 0.6) is 0 Å². The SMILES string of the molecule is CC(C)(C)C1=CC2=C(C#CC3=C=CC=C3)C(C#CC3=C=CC=C3)=C3C=C(C(C)(C)C)C=C4c5ccccc5C(=C1)[C@]2(C)[C@@]43C. The molecule has 1 aromatic carbocycles. The quantitative estimate of drug-likeness (QED) is 0.216. The number of allylic oxidation sites excluding steroid dienone is 18. The zero-order valence-electron chi connectivity index (χ0n) is 27.1. The third-order valence-electron chi connectivity index (χ3n) is 10.2. The normalized spacial score (nSPS) is 25.5. The predicted molar refractivity (Wildman–Crippen MR) is 185 cm³/mol. The van der Waals surface area contributed by atoms with Gasteiger partial charge in [0.15, 0.2) is 0 Å². The first-order valence-corrected chi connectivity index (χ1v) is 15.6. The Labute approximate surface area is 263 Å². The molecule has 0 heterocycles. The van der Waals surface area contributed by atoms with Crippen molar-refractivity contribution in [2.24, 2.45) is 21.7 Å². The van der Waals surface area contributed by atoms with E-state index < -0.39 is 0 Å². The van der Waals surface area contributed by atoms with Crippen LogP contribution in [0.4, 0.5) is 0 Å². The Morgan fingerprint density at radius 1 is 0.568 bits per heavy atom. The molecular formula is C44H38. The van der Waals surface area contributed by atoms with Gasteiger partial charge in [0, 0.05) is 22.0 Å². The molecule has 0 saturated heterocycles. The molecule has 0 N–H and O–H groups in total. The lowest BCUT2D eigenvalue weighted by atomic mass is 9.41. The summed E-state index contributed by atoms with van der Waals surface area (Å²) in [5.74, 6) is 14.3. The van der Waals surface area contributed by atoms with E-state index in [9.17, 15) is 0 Å². The minimum Gasteiger partial charge on any atom is -0.104 e. The molecule has 0 fully saturated rings. The molecule has 0 nitrogen and oxygen atoms in total. The van der Waals surface area contributed by atoms with Crippen molar-refractivity contribution in [3.8, 4) is 23.7 Å². The lowest BCUT2D eigenvalue weighted by Gasteiger charge is -2.60. The van der Waals surface area contributed by atoms with Crippen molar-refractivity contribution in [1.29, 1.82) is 0 Å². The van der Waals surface area contributed by atoms with Crippen LogP contribution in [-0.2, 0) is 0 Å². The van der Waals surface area contributed by atoms with Crippen LogP contribution in [0.2, 0.25) is 0 Å². The number of hydrogen-bond donors (Lipinski definition) is 0. The molecule has 2 atom stereocenters. The van der Waals surface area contributed by atoms with Crippen LogP contribution in [0.3, 0.4) is 0 Å². The van der Waals surface area contributed by atoms with Crippen molar-refractivity contribution in [1.82, 2.24) is 0 Å². The third-order valence-corrected chi connectivity index (χ3v) is 10.2. The summed E-state index contributed by atoms with van der Waals surface area (Å²) >= 11 is 0. The van der Waals surface area contributed by atoms with Crippen molar-refractivity contribution < 1.29 is 0 Å². The molecule has 0 unspecified atom stereocenters. The number of benzene rings is 1. The fourth-order valence-corrected chi connectivity index (χ4v) is 7.41. The van der Waals surface area contributed by atoms with Crippen LogP contribution >= 0.6 is 0 Å². The molecule has 6 aliphatic carbocycles. The summed E-state index contributed by atoms with van der Waals surface area (Å²) in [6.45, 7) is 18.7. The van der Waals surface area contributed by atoms with Crippen LogP contribution in [0, 0.1) is 45.3 Å². The van der Waals surface area contributed by atoms with Crippen LogP contribution < -0.4 is 0 Å². The van der Waals surface area contributed by atoms with E-state index in [1.165, 1.54) is 44.6 Å². The van der Waals surface area contributed by atoms with Gasteiger partial charge in [-0.15, -0.1) is 11.5 Å². The molecule has 214 valence electrons. The molecule has 0 heteroatoms. The Morgan fingerprint density at radius 3 is 1.32 bits per heavy atom. The van der Waals surface area contributed by atoms with Crippen LogP contribution in [0.25, 0.3) is 11.1 Å². The van der Waals surface area contributed by atoms with Gasteiger partial charge in [-0.05, 0) is 79.7 Å². The molecule has 0 spiro atoms. The molecule has 1 aromatic rings. The van der Waals surface area contributed by atoms with Gasteiger partial charge in [0.25, 0.3) is 0 Å². The Kier molecular flexibility index (Phi) is 6.00. The van der Waals surface area contributed by atoms with E-state index in [2.05, 4.69) is 139 Å². The highest BCUT2D eigenvalue weighted by atomic mass is 14.6. The fraction of sp³-hybridized carbons (Fsp3) is 0.273. The molecule has 0 radical (unpaired) electrons. The summed E-state index contributed by atoms with van der Waals surface area (Å²) in [5.41, 5.74) is 20.1. The highest BCUT2D eigenvalue weighted by Gasteiger charge is 2.61. The van der Waals surface area contributed by atoms with Crippen LogP contribution in [0.15, 0.2) is 141 Å². The standard InChI is InChI=1S/C44H38/c1-41(2,3)31-25-37-33-19-13-14-20-34(33)38-26-32(42(4,5)6)28-40-36(24-22-30-17-11-12-18-30)35(23-21-29-15-9-10-16-29)39(27-31)43(37,7)44(38,40)8/h9-15,17,19-20,25-28H,1-8H3/t43-,44-/m0/s1. The van der Waals surface area contributed by atoms with Crippen molar-refractivity contribution >= 4 is 11.1 Å². The predicted octanol–water partition coefficient (Wildman–Crippen LogP) is 10.4. The Balaban J connectivity index is 1.68. The van der Waals surface area contributed by atoms with Crippen LogP contribution in [-0.4, -0.2) is 0 Å². The summed E-state index contributed by atoms with van der Waals surface area (Å²) in [6.07, 6.45) is 21.8. The van der Waals surface area contributed by atoms with E-state index in [0.717, 1.165) is 22.3 Å². The lowest BCUT2D eigenvalue weighted by Crippen LogP contribution is -2.50. The molecular weight excluding hydrogens is 528 g/mol. The molecule has 0 amide bonds. The monoisotopic (exact) mass is 566 g/mol. The first kappa shape index (κ1) is 28.1. The second-order valence-electron chi connectivity index (χ2n) is 14.9. The smallest absolute Gasteiger partial charge is 0.0667 e. The van der Waals surface area contributed by atoms with Crippen LogP contribution in [0.1, 0.15) is 66.5 Å². The van der Waals surface area contributed by atoms with E-state index >= 15 is 0 Å². The van der Waals surface area contributed by atoms with Gasteiger partial charge in [0.1, 0.15) is 0 Å². The lowest BCUT2D eigenvalue weighted by molar-refractivity contribution is 0.295. The second-order valence-corrected chi connectivity index (χ2v) is 14.9. The van der Waals surface area contributed by atoms with Gasteiger partial charge < -0.3 is 0 Å². The maximum Gasteiger partial charge on any atom is 0.0667 e. The summed E-state index contributed by atoms with van der Waals surface area (Å²) < 4.78 is 0. The van der Waals surface area contributed by atoms with Gasteiger partial charge >= 0.3 is 0 Å². The molecule has 7 rings (SSSR count). The molecule has 0 saturated carbocycles. The highest BCUT2D eigenvalue weighted by Crippen LogP contribution is 2.72. The number of hydrogen-bond acceptors (Lipinski definition) is 0. The molecule has 0 aromatic heterocycles. The minimum atomic E-state index is -0.353. The average molecular weight is 567 g/mol. The second kappa shape index (κ2) is 9.40. The van der Waals surface area contributed by atoms with Gasteiger partial charge in [-0.1, -0.05) is 140 Å². The van der Waals surface area contributed by atoms with Gasteiger partial charge in [0.05, 0.1) is 11.1 Å². The average Bonchev–Trinajstić information content (AvgIpc) is 3.68. The van der Waals surface area contributed by atoms with Gasteiger partial charge in [-0.2, -0.15) is 0 Å². The van der Waals surface area contributed by atoms with Gasteiger partial charge in [-0.25, -0.2) is 0 Å². The Bertz CT molecular complexity index is 1940. The maximum atomic E-state index is 3.70. The van der Waals surface area contributed by atoms with E-state index in [-0.39, 0.29) is 21.7 Å². The topological polar surface area (TPSA) is 0 Å². The zero-order chi connectivity index (χ0) is 31.1. The van der Waals surface area contributed by atoms with Crippen molar-refractivity contribution in [3.63, 3.8) is 0 Å². The maximum absolute atomic E-state index is 3.70. The summed E-state index contributed by atoms with van der Waals surface area (Å²) in [7, 11) is 0. The van der Waals surface area contributed by atoms with Gasteiger partial charge in [0.2, 0.25) is 0 Å².